The lowest BCUT2D eigenvalue weighted by molar-refractivity contribution is -0.130. The molecule has 6 nitrogen and oxygen atoms in total. The van der Waals surface area contributed by atoms with Crippen molar-refractivity contribution < 1.29 is 4.79 Å². The first-order valence-electron chi connectivity index (χ1n) is 6.49. The minimum absolute atomic E-state index is 0.0368. The molecule has 0 saturated carbocycles. The molecule has 0 fully saturated rings. The van der Waals surface area contributed by atoms with E-state index < -0.39 is 0 Å². The van der Waals surface area contributed by atoms with E-state index in [0.29, 0.717) is 6.54 Å². The van der Waals surface area contributed by atoms with Crippen LogP contribution in [0.25, 0.3) is 11.3 Å². The van der Waals surface area contributed by atoms with Gasteiger partial charge in [-0.05, 0) is 6.92 Å². The Kier molecular flexibility index (Phi) is 4.47. The average Bonchev–Trinajstić information content (AvgIpc) is 2.93. The van der Waals surface area contributed by atoms with Crippen molar-refractivity contribution in [1.82, 2.24) is 25.6 Å². The van der Waals surface area contributed by atoms with Crippen LogP contribution in [0.1, 0.15) is 12.6 Å². The smallest absolute Gasteiger partial charge is 0.238 e. The van der Waals surface area contributed by atoms with Gasteiger partial charge in [-0.15, -0.1) is 0 Å². The van der Waals surface area contributed by atoms with Crippen molar-refractivity contribution in [2.75, 3.05) is 14.1 Å². The minimum atomic E-state index is -0.259. The standard InChI is InChI=1S/C14H19N5O/c1-10(14(20)19(2)3)15-9-12-13(17-18-16-12)11-7-5-4-6-8-11/h4-8,10,15H,9H2,1-3H3,(H,16,17,18). The summed E-state index contributed by atoms with van der Waals surface area (Å²) in [5.74, 6) is 0.0368. The molecule has 106 valence electrons. The molecule has 2 aromatic rings. The quantitative estimate of drug-likeness (QED) is 0.853. The molecule has 0 bridgehead atoms. The normalized spacial score (nSPS) is 12.2. The van der Waals surface area contributed by atoms with Gasteiger partial charge in [0.2, 0.25) is 5.91 Å². The van der Waals surface area contributed by atoms with E-state index in [9.17, 15) is 4.79 Å². The van der Waals surface area contributed by atoms with Crippen LogP contribution in [-0.2, 0) is 11.3 Å². The molecule has 2 rings (SSSR count). The SMILES string of the molecule is CC(NCc1n[nH]nc1-c1ccccc1)C(=O)N(C)C. The number of hydrogen-bond acceptors (Lipinski definition) is 4. The number of rotatable bonds is 5. The highest BCUT2D eigenvalue weighted by atomic mass is 16.2. The van der Waals surface area contributed by atoms with Gasteiger partial charge in [0.05, 0.1) is 6.04 Å². The highest BCUT2D eigenvalue weighted by molar-refractivity contribution is 5.80. The zero-order valence-corrected chi connectivity index (χ0v) is 11.9. The van der Waals surface area contributed by atoms with Crippen molar-refractivity contribution in [3.8, 4) is 11.3 Å². The molecule has 0 radical (unpaired) electrons. The summed E-state index contributed by atoms with van der Waals surface area (Å²) in [5, 5.41) is 14.1. The monoisotopic (exact) mass is 273 g/mol. The second-order valence-electron chi connectivity index (χ2n) is 4.82. The molecular weight excluding hydrogens is 254 g/mol. The van der Waals surface area contributed by atoms with Gasteiger partial charge in [-0.3, -0.25) is 4.79 Å². The number of amides is 1. The van der Waals surface area contributed by atoms with E-state index in [1.165, 1.54) is 0 Å². The van der Waals surface area contributed by atoms with Gasteiger partial charge < -0.3 is 10.2 Å². The Morgan fingerprint density at radius 3 is 2.65 bits per heavy atom. The minimum Gasteiger partial charge on any atom is -0.347 e. The maximum Gasteiger partial charge on any atom is 0.238 e. The first-order valence-corrected chi connectivity index (χ1v) is 6.49. The van der Waals surface area contributed by atoms with Gasteiger partial charge >= 0.3 is 0 Å². The molecule has 20 heavy (non-hydrogen) atoms. The number of H-pyrrole nitrogens is 1. The summed E-state index contributed by atoms with van der Waals surface area (Å²) < 4.78 is 0. The van der Waals surface area contributed by atoms with Gasteiger partial charge in [-0.2, -0.15) is 15.4 Å². The van der Waals surface area contributed by atoms with Crippen molar-refractivity contribution in [2.24, 2.45) is 0 Å². The maximum absolute atomic E-state index is 11.8. The number of carbonyl (C=O) groups excluding carboxylic acids is 1. The Morgan fingerprint density at radius 1 is 1.30 bits per heavy atom. The van der Waals surface area contributed by atoms with Crippen LogP contribution in [-0.4, -0.2) is 46.4 Å². The molecule has 0 spiro atoms. The number of aromatic amines is 1. The van der Waals surface area contributed by atoms with Gasteiger partial charge in [0.15, 0.2) is 0 Å². The second-order valence-corrected chi connectivity index (χ2v) is 4.82. The average molecular weight is 273 g/mol. The van der Waals surface area contributed by atoms with Gasteiger partial charge in [0.25, 0.3) is 0 Å². The number of carbonyl (C=O) groups is 1. The van der Waals surface area contributed by atoms with Crippen molar-refractivity contribution in [3.63, 3.8) is 0 Å². The van der Waals surface area contributed by atoms with Gasteiger partial charge in [0.1, 0.15) is 11.4 Å². The molecule has 1 unspecified atom stereocenters. The van der Waals surface area contributed by atoms with Gasteiger partial charge in [0, 0.05) is 26.2 Å². The largest absolute Gasteiger partial charge is 0.347 e. The molecule has 6 heteroatoms. The molecular formula is C14H19N5O. The van der Waals surface area contributed by atoms with E-state index in [2.05, 4.69) is 20.7 Å². The first-order chi connectivity index (χ1) is 9.59. The molecule has 1 aromatic carbocycles. The predicted molar refractivity (Wildman–Crippen MR) is 76.8 cm³/mol. The lowest BCUT2D eigenvalue weighted by Crippen LogP contribution is -2.41. The number of benzene rings is 1. The number of nitrogens with zero attached hydrogens (tertiary/aromatic N) is 3. The number of aromatic nitrogens is 3. The van der Waals surface area contributed by atoms with Gasteiger partial charge in [-0.1, -0.05) is 30.3 Å². The third-order valence-corrected chi connectivity index (χ3v) is 3.05. The van der Waals surface area contributed by atoms with Gasteiger partial charge in [-0.25, -0.2) is 0 Å². The fourth-order valence-corrected chi connectivity index (χ4v) is 1.93. The van der Waals surface area contributed by atoms with E-state index in [-0.39, 0.29) is 11.9 Å². The molecule has 2 N–H and O–H groups in total. The van der Waals surface area contributed by atoms with E-state index in [1.807, 2.05) is 37.3 Å². The summed E-state index contributed by atoms with van der Waals surface area (Å²) in [6.45, 7) is 2.33. The Hall–Kier alpha value is -2.21. The van der Waals surface area contributed by atoms with Crippen LogP contribution < -0.4 is 5.32 Å². The van der Waals surface area contributed by atoms with Crippen molar-refractivity contribution >= 4 is 5.91 Å². The third kappa shape index (κ3) is 3.21. The molecule has 0 aliphatic rings. The van der Waals surface area contributed by atoms with Crippen LogP contribution >= 0.6 is 0 Å². The number of likely N-dealkylation sites (N-methyl/N-ethyl adjacent to an activating group) is 1. The van der Waals surface area contributed by atoms with E-state index >= 15 is 0 Å². The van der Waals surface area contributed by atoms with Crippen LogP contribution in [0.2, 0.25) is 0 Å². The third-order valence-electron chi connectivity index (χ3n) is 3.05. The molecule has 1 aromatic heterocycles. The Morgan fingerprint density at radius 2 is 2.00 bits per heavy atom. The fraction of sp³-hybridized carbons (Fsp3) is 0.357. The molecule has 0 aliphatic carbocycles. The summed E-state index contributed by atoms with van der Waals surface area (Å²) in [6, 6.07) is 9.58. The lowest BCUT2D eigenvalue weighted by Gasteiger charge is -2.17. The zero-order valence-electron chi connectivity index (χ0n) is 11.9. The van der Waals surface area contributed by atoms with Crippen LogP contribution in [0.15, 0.2) is 30.3 Å². The van der Waals surface area contributed by atoms with Crippen LogP contribution in [0.3, 0.4) is 0 Å². The summed E-state index contributed by atoms with van der Waals surface area (Å²) >= 11 is 0. The Balaban J connectivity index is 2.05. The van der Waals surface area contributed by atoms with Crippen LogP contribution in [0, 0.1) is 0 Å². The van der Waals surface area contributed by atoms with E-state index in [0.717, 1.165) is 17.0 Å². The second kappa shape index (κ2) is 6.29. The fourth-order valence-electron chi connectivity index (χ4n) is 1.93. The summed E-state index contributed by atoms with van der Waals surface area (Å²) in [4.78, 5) is 13.3. The summed E-state index contributed by atoms with van der Waals surface area (Å²) in [5.41, 5.74) is 2.61. The molecule has 0 aliphatic heterocycles. The topological polar surface area (TPSA) is 73.9 Å². The molecule has 1 heterocycles. The highest BCUT2D eigenvalue weighted by Crippen LogP contribution is 2.18. The van der Waals surface area contributed by atoms with E-state index in [4.69, 9.17) is 0 Å². The predicted octanol–water partition coefficient (Wildman–Crippen LogP) is 1.04. The first kappa shape index (κ1) is 14.2. The molecule has 1 amide bonds. The summed E-state index contributed by atoms with van der Waals surface area (Å²) in [7, 11) is 3.48. The van der Waals surface area contributed by atoms with Crippen LogP contribution in [0.5, 0.6) is 0 Å². The Labute approximate surface area is 118 Å². The number of hydrogen-bond donors (Lipinski definition) is 2. The van der Waals surface area contributed by atoms with E-state index in [1.54, 1.807) is 19.0 Å². The Bertz CT molecular complexity index is 564. The zero-order chi connectivity index (χ0) is 14.5. The lowest BCUT2D eigenvalue weighted by atomic mass is 10.1. The molecule has 0 saturated heterocycles. The maximum atomic E-state index is 11.8. The van der Waals surface area contributed by atoms with Crippen LogP contribution in [0.4, 0.5) is 0 Å². The van der Waals surface area contributed by atoms with Crippen molar-refractivity contribution in [3.05, 3.63) is 36.0 Å². The van der Waals surface area contributed by atoms with Crippen molar-refractivity contribution in [1.29, 1.82) is 0 Å². The molecule has 1 atom stereocenters. The highest BCUT2D eigenvalue weighted by Gasteiger charge is 2.16. The van der Waals surface area contributed by atoms with Crippen molar-refractivity contribution in [2.45, 2.75) is 19.5 Å². The number of nitrogens with one attached hydrogen (secondary N) is 2. The summed E-state index contributed by atoms with van der Waals surface area (Å²) in [6.07, 6.45) is 0.